The molecule has 2 aromatic carbocycles. The molecule has 1 aliphatic carbocycles. The summed E-state index contributed by atoms with van der Waals surface area (Å²) in [6.45, 7) is 0. The van der Waals surface area contributed by atoms with Crippen molar-refractivity contribution in [2.45, 2.75) is 6.42 Å². The van der Waals surface area contributed by atoms with Gasteiger partial charge in [-0.15, -0.1) is 0 Å². The Balaban J connectivity index is 2.35. The van der Waals surface area contributed by atoms with E-state index in [0.717, 1.165) is 6.42 Å². The van der Waals surface area contributed by atoms with Crippen molar-refractivity contribution in [3.8, 4) is 11.1 Å². The van der Waals surface area contributed by atoms with Crippen LogP contribution in [0, 0.1) is 0 Å². The van der Waals surface area contributed by atoms with Crippen LogP contribution in [-0.4, -0.2) is 10.2 Å². The van der Waals surface area contributed by atoms with E-state index in [9.17, 15) is 0 Å². The highest BCUT2D eigenvalue weighted by Gasteiger charge is 2.18. The van der Waals surface area contributed by atoms with E-state index >= 15 is 0 Å². The second kappa shape index (κ2) is 2.82. The molecule has 0 saturated heterocycles. The highest BCUT2D eigenvalue weighted by atomic mass is 28.1. The fourth-order valence-electron chi connectivity index (χ4n) is 2.19. The fourth-order valence-corrected chi connectivity index (χ4v) is 2.58. The Morgan fingerprint density at radius 3 is 2.57 bits per heavy atom. The van der Waals surface area contributed by atoms with Crippen LogP contribution < -0.4 is 5.19 Å². The first kappa shape index (κ1) is 8.01. The molecule has 0 N–H and O–H groups in total. The van der Waals surface area contributed by atoms with Gasteiger partial charge in [-0.3, -0.25) is 0 Å². The van der Waals surface area contributed by atoms with Crippen LogP contribution in [0.25, 0.3) is 11.1 Å². The van der Waals surface area contributed by atoms with Crippen LogP contribution in [0.3, 0.4) is 0 Å². The molecule has 3 rings (SSSR count). The molecule has 14 heavy (non-hydrogen) atoms. The van der Waals surface area contributed by atoms with E-state index in [-0.39, 0.29) is 0 Å². The van der Waals surface area contributed by atoms with Gasteiger partial charge in [0, 0.05) is 0 Å². The van der Waals surface area contributed by atoms with Crippen molar-refractivity contribution < 1.29 is 0 Å². The molecule has 0 amide bonds. The van der Waals surface area contributed by atoms with Crippen LogP contribution >= 0.6 is 0 Å². The van der Waals surface area contributed by atoms with Crippen molar-refractivity contribution in [3.63, 3.8) is 0 Å². The topological polar surface area (TPSA) is 0 Å². The van der Waals surface area contributed by atoms with Gasteiger partial charge in [0.2, 0.25) is 0 Å². The molecule has 0 fully saturated rings. The summed E-state index contributed by atoms with van der Waals surface area (Å²) in [5, 5.41) is 1.20. The lowest BCUT2D eigenvalue weighted by molar-refractivity contribution is 1.26. The predicted molar refractivity (Wildman–Crippen MR) is 60.1 cm³/mol. The van der Waals surface area contributed by atoms with Crippen molar-refractivity contribution in [2.75, 3.05) is 0 Å². The fraction of sp³-hybridized carbons (Fsp3) is 0.0769. The molecular weight excluding hydrogens is 184 g/mol. The maximum absolute atomic E-state index is 3.67. The zero-order valence-corrected chi connectivity index (χ0v) is 8.75. The Hall–Kier alpha value is -1.34. The van der Waals surface area contributed by atoms with Crippen LogP contribution in [0.15, 0.2) is 42.5 Å². The zero-order chi connectivity index (χ0) is 9.54. The van der Waals surface area contributed by atoms with Gasteiger partial charge in [-0.2, -0.15) is 0 Å². The quantitative estimate of drug-likeness (QED) is 0.479. The summed E-state index contributed by atoms with van der Waals surface area (Å²) >= 11 is 0. The van der Waals surface area contributed by atoms with Crippen molar-refractivity contribution >= 4 is 15.4 Å². The maximum atomic E-state index is 3.67. The van der Waals surface area contributed by atoms with Crippen LogP contribution in [0.4, 0.5) is 0 Å². The van der Waals surface area contributed by atoms with Crippen LogP contribution in [-0.2, 0) is 6.42 Å². The van der Waals surface area contributed by atoms with E-state index in [2.05, 4.69) is 52.7 Å². The molecule has 1 aliphatic rings. The zero-order valence-electron chi connectivity index (χ0n) is 7.75. The van der Waals surface area contributed by atoms with Crippen molar-refractivity contribution in [2.24, 2.45) is 0 Å². The molecule has 0 heterocycles. The third-order valence-corrected chi connectivity index (χ3v) is 3.24. The number of hydrogen-bond acceptors (Lipinski definition) is 0. The van der Waals surface area contributed by atoms with Crippen LogP contribution in [0.2, 0.25) is 0 Å². The SMILES string of the molecule is [Si]c1cccc2c1-c1ccccc1C2. The Morgan fingerprint density at radius 2 is 1.64 bits per heavy atom. The summed E-state index contributed by atoms with van der Waals surface area (Å²) in [6.07, 6.45) is 1.07. The molecule has 0 bridgehead atoms. The number of hydrogen-bond donors (Lipinski definition) is 0. The average Bonchev–Trinajstić information content (AvgIpc) is 2.57. The normalized spacial score (nSPS) is 12.4. The Kier molecular flexibility index (Phi) is 1.61. The lowest BCUT2D eigenvalue weighted by Gasteiger charge is -2.03. The van der Waals surface area contributed by atoms with Crippen LogP contribution in [0.5, 0.6) is 0 Å². The lowest BCUT2D eigenvalue weighted by atomic mass is 10.1. The summed E-state index contributed by atoms with van der Waals surface area (Å²) in [7, 11) is 3.67. The second-order valence-electron chi connectivity index (χ2n) is 3.67. The summed E-state index contributed by atoms with van der Waals surface area (Å²) in [5.74, 6) is 0. The van der Waals surface area contributed by atoms with Gasteiger partial charge in [0.1, 0.15) is 0 Å². The highest BCUT2D eigenvalue weighted by molar-refractivity contribution is 6.36. The minimum Gasteiger partial charge on any atom is -0.0632 e. The highest BCUT2D eigenvalue weighted by Crippen LogP contribution is 2.34. The molecule has 0 atom stereocenters. The molecule has 65 valence electrons. The first-order valence-corrected chi connectivity index (χ1v) is 5.28. The summed E-state index contributed by atoms with van der Waals surface area (Å²) in [6, 6.07) is 15.0. The number of rotatable bonds is 0. The molecule has 0 saturated carbocycles. The van der Waals surface area contributed by atoms with Gasteiger partial charge in [0.05, 0.1) is 10.2 Å². The van der Waals surface area contributed by atoms with Gasteiger partial charge in [0.25, 0.3) is 0 Å². The largest absolute Gasteiger partial charge is 0.0720 e. The Bertz CT molecular complexity index is 500. The first-order valence-electron chi connectivity index (χ1n) is 4.78. The van der Waals surface area contributed by atoms with E-state index in [4.69, 9.17) is 0 Å². The Morgan fingerprint density at radius 1 is 0.857 bits per heavy atom. The van der Waals surface area contributed by atoms with Gasteiger partial charge in [-0.05, 0) is 28.7 Å². The van der Waals surface area contributed by atoms with Gasteiger partial charge in [-0.25, -0.2) is 0 Å². The molecule has 1 heteroatoms. The van der Waals surface area contributed by atoms with E-state index in [1.54, 1.807) is 0 Å². The van der Waals surface area contributed by atoms with E-state index in [1.807, 2.05) is 0 Å². The first-order chi connectivity index (χ1) is 6.86. The molecule has 0 aliphatic heterocycles. The molecule has 0 spiro atoms. The minimum atomic E-state index is 1.07. The lowest BCUT2D eigenvalue weighted by Crippen LogP contribution is -2.05. The molecule has 0 aromatic heterocycles. The Labute approximate surface area is 87.0 Å². The third kappa shape index (κ3) is 0.992. The molecule has 2 aromatic rings. The summed E-state index contributed by atoms with van der Waals surface area (Å²) in [5.41, 5.74) is 5.62. The van der Waals surface area contributed by atoms with Crippen molar-refractivity contribution in [1.82, 2.24) is 0 Å². The van der Waals surface area contributed by atoms with E-state index in [0.29, 0.717) is 0 Å². The second-order valence-corrected chi connectivity index (χ2v) is 4.21. The predicted octanol–water partition coefficient (Wildman–Crippen LogP) is 2.05. The molecular formula is C13H9Si. The standard InChI is InChI=1S/C13H9Si/c14-12-7-3-5-10-8-9-4-1-2-6-11(9)13(10)12/h1-7H,8H2. The smallest absolute Gasteiger partial charge is 0.0632 e. The van der Waals surface area contributed by atoms with E-state index in [1.165, 1.54) is 27.4 Å². The summed E-state index contributed by atoms with van der Waals surface area (Å²) in [4.78, 5) is 0. The number of benzene rings is 2. The third-order valence-electron chi connectivity index (χ3n) is 2.82. The average molecular weight is 193 g/mol. The molecule has 3 radical (unpaired) electrons. The van der Waals surface area contributed by atoms with Crippen molar-refractivity contribution in [1.29, 1.82) is 0 Å². The number of fused-ring (bicyclic) bond motifs is 3. The van der Waals surface area contributed by atoms with Gasteiger partial charge in [0.15, 0.2) is 0 Å². The van der Waals surface area contributed by atoms with Crippen molar-refractivity contribution in [3.05, 3.63) is 53.6 Å². The minimum absolute atomic E-state index is 1.07. The molecule has 0 unspecified atom stereocenters. The van der Waals surface area contributed by atoms with Gasteiger partial charge in [-0.1, -0.05) is 47.7 Å². The van der Waals surface area contributed by atoms with E-state index < -0.39 is 0 Å². The molecule has 0 nitrogen and oxygen atoms in total. The van der Waals surface area contributed by atoms with Crippen LogP contribution in [0.1, 0.15) is 11.1 Å². The van der Waals surface area contributed by atoms with Gasteiger partial charge >= 0.3 is 0 Å². The maximum Gasteiger partial charge on any atom is 0.0720 e. The summed E-state index contributed by atoms with van der Waals surface area (Å²) < 4.78 is 0. The monoisotopic (exact) mass is 193 g/mol. The van der Waals surface area contributed by atoms with Gasteiger partial charge < -0.3 is 0 Å².